The molecule has 0 atom stereocenters. The Bertz CT molecular complexity index is 599. The Morgan fingerprint density at radius 3 is 2.33 bits per heavy atom. The Hall–Kier alpha value is -1.71. The van der Waals surface area contributed by atoms with Crippen LogP contribution in [0.1, 0.15) is 29.5 Å². The van der Waals surface area contributed by atoms with Crippen LogP contribution >= 0.6 is 0 Å². The summed E-state index contributed by atoms with van der Waals surface area (Å²) in [5.74, 6) is 0.829. The van der Waals surface area contributed by atoms with Gasteiger partial charge in [0.1, 0.15) is 0 Å². The number of pyridine rings is 1. The Labute approximate surface area is 146 Å². The van der Waals surface area contributed by atoms with Gasteiger partial charge in [-0.05, 0) is 75.1 Å². The van der Waals surface area contributed by atoms with Crippen molar-refractivity contribution in [2.24, 2.45) is 5.92 Å². The van der Waals surface area contributed by atoms with Gasteiger partial charge >= 0.3 is 0 Å². The van der Waals surface area contributed by atoms with Gasteiger partial charge in [0.15, 0.2) is 0 Å². The van der Waals surface area contributed by atoms with E-state index < -0.39 is 0 Å². The highest BCUT2D eigenvalue weighted by Gasteiger charge is 2.19. The van der Waals surface area contributed by atoms with Crippen LogP contribution < -0.4 is 0 Å². The molecule has 1 aliphatic heterocycles. The van der Waals surface area contributed by atoms with Gasteiger partial charge in [-0.25, -0.2) is 0 Å². The standard InChI is InChI=1S/C21H29N3/c1-23(2)16-20-7-5-18(6-8-20)14-19-9-12-24(13-10-19)17-21-4-3-11-22-15-21/h3-8,11,15,19H,9-10,12-14,16-17H2,1-2H3. The fourth-order valence-electron chi connectivity index (χ4n) is 3.58. The van der Waals surface area contributed by atoms with Crippen molar-refractivity contribution in [3.63, 3.8) is 0 Å². The average molecular weight is 323 g/mol. The third-order valence-electron chi connectivity index (χ3n) is 4.88. The first-order valence-corrected chi connectivity index (χ1v) is 9.03. The summed E-state index contributed by atoms with van der Waals surface area (Å²) in [5, 5.41) is 0. The van der Waals surface area contributed by atoms with Crippen molar-refractivity contribution in [1.82, 2.24) is 14.8 Å². The van der Waals surface area contributed by atoms with Crippen LogP contribution in [0.5, 0.6) is 0 Å². The van der Waals surface area contributed by atoms with Crippen molar-refractivity contribution in [2.45, 2.75) is 32.4 Å². The van der Waals surface area contributed by atoms with Gasteiger partial charge in [0.05, 0.1) is 0 Å². The lowest BCUT2D eigenvalue weighted by Crippen LogP contribution is -2.33. The molecular weight excluding hydrogens is 294 g/mol. The first kappa shape index (κ1) is 17.1. The van der Waals surface area contributed by atoms with Crippen molar-refractivity contribution >= 4 is 0 Å². The summed E-state index contributed by atoms with van der Waals surface area (Å²) in [6, 6.07) is 13.4. The molecule has 0 spiro atoms. The van der Waals surface area contributed by atoms with E-state index in [4.69, 9.17) is 0 Å². The molecule has 128 valence electrons. The van der Waals surface area contributed by atoms with E-state index in [1.165, 1.54) is 49.0 Å². The minimum absolute atomic E-state index is 0.829. The minimum atomic E-state index is 0.829. The van der Waals surface area contributed by atoms with Crippen LogP contribution in [0.15, 0.2) is 48.8 Å². The minimum Gasteiger partial charge on any atom is -0.305 e. The molecule has 24 heavy (non-hydrogen) atoms. The topological polar surface area (TPSA) is 19.4 Å². The number of piperidine rings is 1. The van der Waals surface area contributed by atoms with Gasteiger partial charge < -0.3 is 4.90 Å². The highest BCUT2D eigenvalue weighted by Crippen LogP contribution is 2.23. The van der Waals surface area contributed by atoms with Crippen LogP contribution in [0.4, 0.5) is 0 Å². The van der Waals surface area contributed by atoms with Crippen molar-refractivity contribution in [1.29, 1.82) is 0 Å². The first-order chi connectivity index (χ1) is 11.7. The van der Waals surface area contributed by atoms with Gasteiger partial charge in [-0.1, -0.05) is 30.3 Å². The SMILES string of the molecule is CN(C)Cc1ccc(CC2CCN(Cc3cccnc3)CC2)cc1. The predicted molar refractivity (Wildman–Crippen MR) is 99.8 cm³/mol. The van der Waals surface area contributed by atoms with Gasteiger partial charge in [0, 0.05) is 25.5 Å². The maximum Gasteiger partial charge on any atom is 0.0312 e. The van der Waals surface area contributed by atoms with Crippen LogP contribution in [0.2, 0.25) is 0 Å². The summed E-state index contributed by atoms with van der Waals surface area (Å²) in [6.07, 6.45) is 7.67. The second-order valence-electron chi connectivity index (χ2n) is 7.34. The predicted octanol–water partition coefficient (Wildman–Crippen LogP) is 3.60. The van der Waals surface area contributed by atoms with E-state index >= 15 is 0 Å². The molecule has 1 aromatic carbocycles. The smallest absolute Gasteiger partial charge is 0.0312 e. The summed E-state index contributed by atoms with van der Waals surface area (Å²) in [5.41, 5.74) is 4.21. The molecular formula is C21H29N3. The molecule has 2 heterocycles. The average Bonchev–Trinajstić information content (AvgIpc) is 2.59. The van der Waals surface area contributed by atoms with E-state index in [-0.39, 0.29) is 0 Å². The number of hydrogen-bond acceptors (Lipinski definition) is 3. The molecule has 0 bridgehead atoms. The van der Waals surface area contributed by atoms with Gasteiger partial charge in [-0.3, -0.25) is 9.88 Å². The van der Waals surface area contributed by atoms with Crippen molar-refractivity contribution in [3.8, 4) is 0 Å². The van der Waals surface area contributed by atoms with Crippen LogP contribution in [-0.4, -0.2) is 42.0 Å². The molecule has 1 aliphatic rings. The number of nitrogens with zero attached hydrogens (tertiary/aromatic N) is 3. The molecule has 1 fully saturated rings. The lowest BCUT2D eigenvalue weighted by atomic mass is 9.90. The number of aromatic nitrogens is 1. The summed E-state index contributed by atoms with van der Waals surface area (Å²) in [7, 11) is 4.24. The zero-order valence-electron chi connectivity index (χ0n) is 15.0. The first-order valence-electron chi connectivity index (χ1n) is 9.03. The molecule has 1 aromatic heterocycles. The quantitative estimate of drug-likeness (QED) is 0.810. The number of likely N-dealkylation sites (tertiary alicyclic amines) is 1. The Morgan fingerprint density at radius 1 is 1.00 bits per heavy atom. The van der Waals surface area contributed by atoms with Crippen LogP contribution in [0, 0.1) is 5.92 Å². The third-order valence-corrected chi connectivity index (χ3v) is 4.88. The Morgan fingerprint density at radius 2 is 1.71 bits per heavy atom. The normalized spacial score (nSPS) is 16.6. The monoisotopic (exact) mass is 323 g/mol. The lowest BCUT2D eigenvalue weighted by Gasteiger charge is -2.32. The molecule has 0 amide bonds. The second kappa shape index (κ2) is 8.41. The number of rotatable bonds is 6. The van der Waals surface area contributed by atoms with Crippen LogP contribution in [0.25, 0.3) is 0 Å². The summed E-state index contributed by atoms with van der Waals surface area (Å²) < 4.78 is 0. The van der Waals surface area contributed by atoms with E-state index in [9.17, 15) is 0 Å². The number of benzene rings is 1. The maximum absolute atomic E-state index is 4.22. The molecule has 0 N–H and O–H groups in total. The zero-order valence-corrected chi connectivity index (χ0v) is 15.0. The highest BCUT2D eigenvalue weighted by molar-refractivity contribution is 5.23. The van der Waals surface area contributed by atoms with Gasteiger partial charge in [-0.15, -0.1) is 0 Å². The molecule has 3 rings (SSSR count). The maximum atomic E-state index is 4.22. The summed E-state index contributed by atoms with van der Waals surface area (Å²) >= 11 is 0. The molecule has 0 radical (unpaired) electrons. The zero-order chi connectivity index (χ0) is 16.8. The fraction of sp³-hybridized carbons (Fsp3) is 0.476. The number of hydrogen-bond donors (Lipinski definition) is 0. The largest absolute Gasteiger partial charge is 0.305 e. The van der Waals surface area contributed by atoms with Crippen molar-refractivity contribution in [2.75, 3.05) is 27.2 Å². The molecule has 0 aliphatic carbocycles. The molecule has 3 heteroatoms. The summed E-state index contributed by atoms with van der Waals surface area (Å²) in [4.78, 5) is 8.99. The Balaban J connectivity index is 1.45. The molecule has 2 aromatic rings. The lowest BCUT2D eigenvalue weighted by molar-refractivity contribution is 0.177. The highest BCUT2D eigenvalue weighted by atomic mass is 15.1. The van der Waals surface area contributed by atoms with E-state index in [1.807, 2.05) is 18.5 Å². The third kappa shape index (κ3) is 5.15. The Kier molecular flexibility index (Phi) is 6.00. The van der Waals surface area contributed by atoms with Crippen molar-refractivity contribution < 1.29 is 0 Å². The van der Waals surface area contributed by atoms with Gasteiger partial charge in [-0.2, -0.15) is 0 Å². The molecule has 0 unspecified atom stereocenters. The second-order valence-corrected chi connectivity index (χ2v) is 7.34. The van der Waals surface area contributed by atoms with E-state index in [0.717, 1.165) is 19.0 Å². The van der Waals surface area contributed by atoms with Gasteiger partial charge in [0.2, 0.25) is 0 Å². The van der Waals surface area contributed by atoms with Crippen molar-refractivity contribution in [3.05, 3.63) is 65.5 Å². The molecule has 0 saturated carbocycles. The van der Waals surface area contributed by atoms with E-state index in [1.54, 1.807) is 0 Å². The summed E-state index contributed by atoms with van der Waals surface area (Å²) in [6.45, 7) is 4.48. The van der Waals surface area contributed by atoms with E-state index in [2.05, 4.69) is 59.2 Å². The molecule has 3 nitrogen and oxygen atoms in total. The van der Waals surface area contributed by atoms with Crippen LogP contribution in [-0.2, 0) is 19.5 Å². The molecule has 1 saturated heterocycles. The van der Waals surface area contributed by atoms with Crippen LogP contribution in [0.3, 0.4) is 0 Å². The van der Waals surface area contributed by atoms with Gasteiger partial charge in [0.25, 0.3) is 0 Å². The van der Waals surface area contributed by atoms with E-state index in [0.29, 0.717) is 0 Å². The fourth-order valence-corrected chi connectivity index (χ4v) is 3.58.